The van der Waals surface area contributed by atoms with Crippen LogP contribution in [0.3, 0.4) is 0 Å². The van der Waals surface area contributed by atoms with Crippen LogP contribution in [0.1, 0.15) is 5.56 Å². The van der Waals surface area contributed by atoms with Gasteiger partial charge in [0.1, 0.15) is 0 Å². The number of aromatic nitrogens is 4. The zero-order valence-corrected chi connectivity index (χ0v) is 21.7. The fourth-order valence-corrected chi connectivity index (χ4v) is 4.21. The van der Waals surface area contributed by atoms with Crippen LogP contribution in [0.2, 0.25) is 0 Å². The molecular weight excluding hydrogens is 548 g/mol. The molecule has 2 aromatic heterocycles. The summed E-state index contributed by atoms with van der Waals surface area (Å²) >= 11 is 4.69. The number of benzene rings is 2. The predicted molar refractivity (Wildman–Crippen MR) is 140 cm³/mol. The highest BCUT2D eigenvalue weighted by atomic mass is 79.9. The molecule has 0 bridgehead atoms. The number of phenolic OH excluding ortho intramolecular Hbond substituents is 1. The molecule has 0 unspecified atom stereocenters. The Balaban J connectivity index is 1.48. The molecule has 0 saturated carbocycles. The number of nitrogens with zero attached hydrogens (tertiary/aromatic N) is 5. The molecule has 0 spiro atoms. The maximum absolute atomic E-state index is 12.5. The third-order valence-electron chi connectivity index (χ3n) is 4.89. The molecule has 0 aliphatic rings. The summed E-state index contributed by atoms with van der Waals surface area (Å²) in [5, 5.41) is 23.2. The van der Waals surface area contributed by atoms with Crippen LogP contribution in [0, 0.1) is 0 Å². The SMILES string of the molecule is COc1cc(C=NNC(=O)CSc2nnc(-c3ccncc3)n2-c2ccc(Br)cc2)cc(OC)c1O. The van der Waals surface area contributed by atoms with Gasteiger partial charge in [-0.25, -0.2) is 5.43 Å². The maximum atomic E-state index is 12.5. The van der Waals surface area contributed by atoms with Gasteiger partial charge in [-0.05, 0) is 48.5 Å². The second kappa shape index (κ2) is 11.7. The molecule has 12 heteroatoms. The number of hydrazone groups is 1. The molecule has 4 aromatic rings. The maximum Gasteiger partial charge on any atom is 0.250 e. The van der Waals surface area contributed by atoms with Crippen molar-refractivity contribution in [3.63, 3.8) is 0 Å². The Morgan fingerprint density at radius 1 is 1.11 bits per heavy atom. The number of hydrogen-bond acceptors (Lipinski definition) is 9. The Kier molecular flexibility index (Phi) is 8.18. The first-order valence-electron chi connectivity index (χ1n) is 10.5. The minimum absolute atomic E-state index is 0.0601. The van der Waals surface area contributed by atoms with Gasteiger partial charge in [0.05, 0.1) is 26.2 Å². The molecule has 2 aromatic carbocycles. The summed E-state index contributed by atoms with van der Waals surface area (Å²) < 4.78 is 13.1. The molecular formula is C24H21BrN6O4S. The molecule has 0 radical (unpaired) electrons. The highest BCUT2D eigenvalue weighted by molar-refractivity contribution is 9.10. The highest BCUT2D eigenvalue weighted by Gasteiger charge is 2.17. The lowest BCUT2D eigenvalue weighted by atomic mass is 10.2. The largest absolute Gasteiger partial charge is 0.502 e. The van der Waals surface area contributed by atoms with E-state index in [9.17, 15) is 9.90 Å². The van der Waals surface area contributed by atoms with Gasteiger partial charge in [0.15, 0.2) is 22.5 Å². The minimum atomic E-state index is -0.329. The van der Waals surface area contributed by atoms with Crippen LogP contribution >= 0.6 is 27.7 Å². The molecule has 36 heavy (non-hydrogen) atoms. The van der Waals surface area contributed by atoms with Crippen LogP contribution < -0.4 is 14.9 Å². The van der Waals surface area contributed by atoms with E-state index in [0.29, 0.717) is 16.5 Å². The van der Waals surface area contributed by atoms with Crippen molar-refractivity contribution in [3.8, 4) is 34.3 Å². The summed E-state index contributed by atoms with van der Waals surface area (Å²) in [6.07, 6.45) is 4.81. The Bertz CT molecular complexity index is 1350. The lowest BCUT2D eigenvalue weighted by molar-refractivity contribution is -0.118. The molecule has 2 heterocycles. The number of carbonyl (C=O) groups excluding carboxylic acids is 1. The highest BCUT2D eigenvalue weighted by Crippen LogP contribution is 2.36. The number of hydrogen-bond donors (Lipinski definition) is 2. The standard InChI is InChI=1S/C24H21BrN6O4S/c1-34-19-11-15(12-20(35-2)22(19)33)13-27-28-21(32)14-36-24-30-29-23(16-7-9-26-10-8-16)31(24)18-5-3-17(25)4-6-18/h3-13,33H,14H2,1-2H3,(H,28,32). The average Bonchev–Trinajstić information content (AvgIpc) is 3.33. The first-order valence-corrected chi connectivity index (χ1v) is 12.3. The molecule has 0 aliphatic heterocycles. The lowest BCUT2D eigenvalue weighted by Crippen LogP contribution is -2.20. The number of ether oxygens (including phenoxy) is 2. The van der Waals surface area contributed by atoms with Crippen molar-refractivity contribution in [3.05, 3.63) is 71.0 Å². The van der Waals surface area contributed by atoms with Crippen LogP contribution in [0.5, 0.6) is 17.2 Å². The van der Waals surface area contributed by atoms with Crippen LogP contribution in [-0.4, -0.2) is 56.9 Å². The Morgan fingerprint density at radius 3 is 2.42 bits per heavy atom. The third-order valence-corrected chi connectivity index (χ3v) is 6.35. The Hall–Kier alpha value is -3.90. The number of rotatable bonds is 9. The number of carbonyl (C=O) groups is 1. The van der Waals surface area contributed by atoms with E-state index in [-0.39, 0.29) is 28.9 Å². The quantitative estimate of drug-likeness (QED) is 0.176. The summed E-state index contributed by atoms with van der Waals surface area (Å²) in [4.78, 5) is 16.5. The van der Waals surface area contributed by atoms with Gasteiger partial charge in [0.2, 0.25) is 5.75 Å². The zero-order valence-electron chi connectivity index (χ0n) is 19.3. The number of aromatic hydroxyl groups is 1. The van der Waals surface area contributed by atoms with Crippen molar-refractivity contribution in [2.24, 2.45) is 5.10 Å². The third kappa shape index (κ3) is 5.83. The molecule has 0 atom stereocenters. The van der Waals surface area contributed by atoms with E-state index in [1.807, 2.05) is 41.0 Å². The molecule has 0 aliphatic carbocycles. The van der Waals surface area contributed by atoms with Crippen molar-refractivity contribution in [1.82, 2.24) is 25.2 Å². The van der Waals surface area contributed by atoms with Gasteiger partial charge >= 0.3 is 0 Å². The van der Waals surface area contributed by atoms with Crippen molar-refractivity contribution < 1.29 is 19.4 Å². The van der Waals surface area contributed by atoms with E-state index < -0.39 is 0 Å². The van der Waals surface area contributed by atoms with Crippen LogP contribution in [-0.2, 0) is 4.79 Å². The summed E-state index contributed by atoms with van der Waals surface area (Å²) in [6, 6.07) is 14.6. The summed E-state index contributed by atoms with van der Waals surface area (Å²) in [5.74, 6) is 0.717. The topological polar surface area (TPSA) is 124 Å². The second-order valence-corrected chi connectivity index (χ2v) is 9.07. The first-order chi connectivity index (χ1) is 17.5. The number of halogens is 1. The van der Waals surface area contributed by atoms with E-state index in [2.05, 4.69) is 41.6 Å². The van der Waals surface area contributed by atoms with Gasteiger partial charge in [0, 0.05) is 33.7 Å². The van der Waals surface area contributed by atoms with Crippen molar-refractivity contribution >= 4 is 39.8 Å². The van der Waals surface area contributed by atoms with Gasteiger partial charge in [0.25, 0.3) is 5.91 Å². The predicted octanol–water partition coefficient (Wildman–Crippen LogP) is 4.06. The normalized spacial score (nSPS) is 11.0. The van der Waals surface area contributed by atoms with E-state index >= 15 is 0 Å². The molecule has 0 saturated heterocycles. The molecule has 1 amide bonds. The number of pyridine rings is 1. The number of thioether (sulfide) groups is 1. The van der Waals surface area contributed by atoms with E-state index in [0.717, 1.165) is 15.7 Å². The smallest absolute Gasteiger partial charge is 0.250 e. The van der Waals surface area contributed by atoms with Crippen LogP contribution in [0.25, 0.3) is 17.1 Å². The van der Waals surface area contributed by atoms with Crippen LogP contribution in [0.4, 0.5) is 0 Å². The first kappa shape index (κ1) is 25.2. The fraction of sp³-hybridized carbons (Fsp3) is 0.125. The zero-order chi connectivity index (χ0) is 25.5. The molecule has 0 fully saturated rings. The summed E-state index contributed by atoms with van der Waals surface area (Å²) in [6.45, 7) is 0. The molecule has 2 N–H and O–H groups in total. The number of methoxy groups -OCH3 is 2. The molecule has 4 rings (SSSR count). The number of phenols is 1. The summed E-state index contributed by atoms with van der Waals surface area (Å²) in [7, 11) is 2.86. The Morgan fingerprint density at radius 2 is 1.78 bits per heavy atom. The average molecular weight is 569 g/mol. The minimum Gasteiger partial charge on any atom is -0.502 e. The van der Waals surface area contributed by atoms with Crippen molar-refractivity contribution in [1.29, 1.82) is 0 Å². The lowest BCUT2D eigenvalue weighted by Gasteiger charge is -2.10. The van der Waals surface area contributed by atoms with Gasteiger partial charge in [-0.2, -0.15) is 5.10 Å². The monoisotopic (exact) mass is 568 g/mol. The second-order valence-electron chi connectivity index (χ2n) is 7.21. The van der Waals surface area contributed by atoms with Crippen molar-refractivity contribution in [2.75, 3.05) is 20.0 Å². The van der Waals surface area contributed by atoms with Gasteiger partial charge in [-0.15, -0.1) is 10.2 Å². The van der Waals surface area contributed by atoms with Gasteiger partial charge < -0.3 is 14.6 Å². The molecule has 10 nitrogen and oxygen atoms in total. The Labute approximate surface area is 219 Å². The van der Waals surface area contributed by atoms with Gasteiger partial charge in [-0.1, -0.05) is 27.7 Å². The van der Waals surface area contributed by atoms with Gasteiger partial charge in [-0.3, -0.25) is 14.3 Å². The van der Waals surface area contributed by atoms with E-state index in [1.165, 1.54) is 32.2 Å². The number of nitrogens with one attached hydrogen (secondary N) is 1. The summed E-state index contributed by atoms with van der Waals surface area (Å²) in [5.41, 5.74) is 4.77. The van der Waals surface area contributed by atoms with Crippen molar-refractivity contribution in [2.45, 2.75) is 5.16 Å². The van der Waals surface area contributed by atoms with E-state index in [4.69, 9.17) is 9.47 Å². The number of amides is 1. The van der Waals surface area contributed by atoms with Crippen LogP contribution in [0.15, 0.2) is 75.7 Å². The fourth-order valence-electron chi connectivity index (χ4n) is 3.20. The molecule has 184 valence electrons. The van der Waals surface area contributed by atoms with E-state index in [1.54, 1.807) is 24.5 Å².